The van der Waals surface area contributed by atoms with Gasteiger partial charge >= 0.3 is 24.7 Å². The fourth-order valence-electron chi connectivity index (χ4n) is 6.10. The van der Waals surface area contributed by atoms with Crippen LogP contribution in [0.1, 0.15) is 237 Å². The molecule has 0 aromatic heterocycles. The van der Waals surface area contributed by atoms with Gasteiger partial charge in [-0.2, -0.15) is 52.7 Å². The Morgan fingerprint density at radius 1 is 0.391 bits per heavy atom. The number of benzene rings is 1. The molecule has 0 nitrogen and oxygen atoms in total. The summed E-state index contributed by atoms with van der Waals surface area (Å²) < 4.78 is 190. The molecule has 0 spiro atoms. The van der Waals surface area contributed by atoms with Gasteiger partial charge in [-0.25, -0.2) is 17.6 Å². The van der Waals surface area contributed by atoms with Gasteiger partial charge in [0.15, 0.2) is 28.3 Å². The van der Waals surface area contributed by atoms with Crippen molar-refractivity contribution in [2.45, 2.75) is 264 Å². The second-order valence-corrected chi connectivity index (χ2v) is 21.6. The van der Waals surface area contributed by atoms with Gasteiger partial charge in [-0.3, -0.25) is 0 Å². The van der Waals surface area contributed by atoms with E-state index in [1.165, 1.54) is 122 Å². The summed E-state index contributed by atoms with van der Waals surface area (Å²) in [5.74, 6) is -2.35. The van der Waals surface area contributed by atoms with Crippen LogP contribution in [0.2, 0.25) is 0 Å². The lowest BCUT2D eigenvalue weighted by Crippen LogP contribution is -2.44. The molecular formula is C53H92F16. The molecule has 0 N–H and O–H groups in total. The highest BCUT2D eigenvalue weighted by molar-refractivity contribution is 5.28. The van der Waals surface area contributed by atoms with Crippen LogP contribution in [-0.4, -0.2) is 24.7 Å². The van der Waals surface area contributed by atoms with Crippen molar-refractivity contribution >= 4 is 0 Å². The van der Waals surface area contributed by atoms with Gasteiger partial charge in [0.25, 0.3) is 0 Å². The second-order valence-electron chi connectivity index (χ2n) is 21.6. The van der Waals surface area contributed by atoms with Gasteiger partial charge in [0, 0.05) is 11.1 Å². The molecule has 0 unspecified atom stereocenters. The molecule has 3 aliphatic carbocycles. The molecular weight excluding hydrogens is 941 g/mol. The lowest BCUT2D eigenvalue weighted by Gasteiger charge is -2.33. The predicted octanol–water partition coefficient (Wildman–Crippen LogP) is 22.6. The molecule has 416 valence electrons. The molecule has 3 aliphatic rings. The fourth-order valence-corrected chi connectivity index (χ4v) is 6.10. The number of halogens is 16. The molecule has 69 heavy (non-hydrogen) atoms. The zero-order valence-corrected chi connectivity index (χ0v) is 45.2. The van der Waals surface area contributed by atoms with E-state index < -0.39 is 69.9 Å². The zero-order valence-electron chi connectivity index (χ0n) is 45.2. The third-order valence-electron chi connectivity index (χ3n) is 13.5. The van der Waals surface area contributed by atoms with E-state index in [9.17, 15) is 70.2 Å². The first-order chi connectivity index (χ1) is 30.9. The van der Waals surface area contributed by atoms with Crippen molar-refractivity contribution in [3.63, 3.8) is 0 Å². The minimum absolute atomic E-state index is 0.104. The van der Waals surface area contributed by atoms with Crippen molar-refractivity contribution in [2.75, 3.05) is 0 Å². The number of alkyl halides is 12. The molecule has 0 bridgehead atoms. The zero-order chi connectivity index (χ0) is 55.6. The van der Waals surface area contributed by atoms with Gasteiger partial charge in [0.2, 0.25) is 0 Å². The molecule has 0 radical (unpaired) electrons. The molecule has 3 fully saturated rings. The summed E-state index contributed by atoms with van der Waals surface area (Å²) in [5.41, 5.74) is -7.04. The summed E-state index contributed by atoms with van der Waals surface area (Å²) in [7, 11) is 0. The standard InChI is InChI=1S/C10H20.C8H6F4.C8H16.C7H14.C6H14.2C5H6F6.C4H10/c1-4-9-5-7-10(2,3)8-6-9;1-3-5(9)4(2)7(11)8(12)6(3)10;1-2-8-6-4-3-5-7-8;1-2-7-5-3-4-6-7;1-5-6(2,3)4;2*1-3(2,4(6,7)8)5(9,10)11;1-3-4-2/h9H,4-8H2,1-3H3;1-2H3;8H,2-7H2,1H3;7H,2-6H2,1H3;5H2,1-4H3;2*1-2H3;3-4H2,1-2H3. The van der Waals surface area contributed by atoms with E-state index in [0.29, 0.717) is 10.8 Å². The molecule has 3 saturated carbocycles. The number of hydrogen-bond donors (Lipinski definition) is 0. The molecule has 0 heterocycles. The molecule has 0 aliphatic heterocycles. The van der Waals surface area contributed by atoms with Gasteiger partial charge in [0.05, 0.1) is 0 Å². The van der Waals surface area contributed by atoms with Crippen LogP contribution < -0.4 is 0 Å². The highest BCUT2D eigenvalue weighted by Crippen LogP contribution is 2.50. The lowest BCUT2D eigenvalue weighted by atomic mass is 9.72. The maximum atomic E-state index is 12.8. The Hall–Kier alpha value is -1.90. The second kappa shape index (κ2) is 33.0. The highest BCUT2D eigenvalue weighted by atomic mass is 19.4. The first-order valence-electron chi connectivity index (χ1n) is 25.0. The normalized spacial score (nSPS) is 17.2. The Morgan fingerprint density at radius 2 is 0.623 bits per heavy atom. The van der Waals surface area contributed by atoms with E-state index in [-0.39, 0.29) is 27.7 Å². The van der Waals surface area contributed by atoms with E-state index in [1.54, 1.807) is 0 Å². The van der Waals surface area contributed by atoms with Crippen LogP contribution in [0.15, 0.2) is 0 Å². The summed E-state index contributed by atoms with van der Waals surface area (Å²) >= 11 is 0. The van der Waals surface area contributed by atoms with Crippen LogP contribution >= 0.6 is 0 Å². The van der Waals surface area contributed by atoms with Crippen LogP contribution in [0, 0.1) is 76.5 Å². The van der Waals surface area contributed by atoms with E-state index in [1.807, 2.05) is 0 Å². The van der Waals surface area contributed by atoms with Gasteiger partial charge in [-0.05, 0) is 95.8 Å². The minimum Gasteiger partial charge on any atom is -0.206 e. The summed E-state index contributed by atoms with van der Waals surface area (Å²) in [4.78, 5) is 0. The third-order valence-corrected chi connectivity index (χ3v) is 13.5. The van der Waals surface area contributed by atoms with Gasteiger partial charge < -0.3 is 0 Å². The van der Waals surface area contributed by atoms with Crippen LogP contribution in [-0.2, 0) is 0 Å². The van der Waals surface area contributed by atoms with E-state index in [4.69, 9.17) is 0 Å². The number of hydrogen-bond acceptors (Lipinski definition) is 0. The molecule has 0 saturated heterocycles. The maximum absolute atomic E-state index is 12.8. The summed E-state index contributed by atoms with van der Waals surface area (Å²) in [6.07, 6.45) is 6.55. The maximum Gasteiger partial charge on any atom is 0.402 e. The minimum atomic E-state index is -5.24. The lowest BCUT2D eigenvalue weighted by molar-refractivity contribution is -0.328. The Bertz CT molecular complexity index is 1260. The monoisotopic (exact) mass is 1030 g/mol. The molecule has 0 atom stereocenters. The van der Waals surface area contributed by atoms with Crippen LogP contribution in [0.5, 0.6) is 0 Å². The van der Waals surface area contributed by atoms with E-state index >= 15 is 0 Å². The Labute approximate surface area is 407 Å². The van der Waals surface area contributed by atoms with E-state index in [0.717, 1.165) is 31.6 Å². The Balaban J connectivity index is -0.000000356. The topological polar surface area (TPSA) is 0 Å². The number of rotatable bonds is 4. The van der Waals surface area contributed by atoms with Crippen molar-refractivity contribution in [1.29, 1.82) is 0 Å². The fraction of sp³-hybridized carbons (Fsp3) is 0.887. The molecule has 1 aromatic carbocycles. The average molecular weight is 1030 g/mol. The SMILES string of the molecule is CC(C)(C(F)(F)F)C(F)(F)F.CC(C)(C(F)(F)F)C(F)(F)F.CCC(C)(C)C.CCC1CCC(C)(C)CC1.CCC1CCCC1.CCC1CCCCC1.CCCC.Cc1c(F)c(C)c(F)c(F)c1F. The van der Waals surface area contributed by atoms with Crippen molar-refractivity contribution in [1.82, 2.24) is 0 Å². The first kappa shape index (κ1) is 73.6. The van der Waals surface area contributed by atoms with Crippen molar-refractivity contribution in [3.8, 4) is 0 Å². The van der Waals surface area contributed by atoms with Crippen LogP contribution in [0.4, 0.5) is 70.2 Å². The Morgan fingerprint density at radius 3 is 0.797 bits per heavy atom. The summed E-state index contributed by atoms with van der Waals surface area (Å²) in [6, 6.07) is 0. The summed E-state index contributed by atoms with van der Waals surface area (Å²) in [6.45, 7) is 27.6. The predicted molar refractivity (Wildman–Crippen MR) is 253 cm³/mol. The van der Waals surface area contributed by atoms with Gasteiger partial charge in [0.1, 0.15) is 5.82 Å². The first-order valence-corrected chi connectivity index (χ1v) is 25.0. The van der Waals surface area contributed by atoms with Crippen LogP contribution in [0.3, 0.4) is 0 Å². The van der Waals surface area contributed by atoms with Crippen LogP contribution in [0.25, 0.3) is 0 Å². The van der Waals surface area contributed by atoms with Gasteiger partial charge in [-0.1, -0.05) is 172 Å². The molecule has 0 amide bonds. The number of unbranched alkanes of at least 4 members (excludes halogenated alkanes) is 1. The molecule has 1 aromatic rings. The van der Waals surface area contributed by atoms with Crippen molar-refractivity contribution in [2.24, 2.45) is 39.4 Å². The molecule has 4 rings (SSSR count). The molecule has 16 heteroatoms. The largest absolute Gasteiger partial charge is 0.402 e. The van der Waals surface area contributed by atoms with Gasteiger partial charge in [-0.15, -0.1) is 0 Å². The smallest absolute Gasteiger partial charge is 0.206 e. The quantitative estimate of drug-likeness (QED) is 0.160. The van der Waals surface area contributed by atoms with E-state index in [2.05, 4.69) is 76.2 Å². The third kappa shape index (κ3) is 30.0. The summed E-state index contributed by atoms with van der Waals surface area (Å²) in [5, 5.41) is 0. The average Bonchev–Trinajstić information content (AvgIpc) is 3.79. The van der Waals surface area contributed by atoms with Crippen molar-refractivity contribution in [3.05, 3.63) is 34.4 Å². The Kier molecular flexibility index (Phi) is 35.2. The van der Waals surface area contributed by atoms with Crippen molar-refractivity contribution < 1.29 is 70.2 Å². The highest BCUT2D eigenvalue weighted by Gasteiger charge is 2.65.